The molecule has 4 atom stereocenters. The fourth-order valence-electron chi connectivity index (χ4n) is 5.46. The second-order valence-electron chi connectivity index (χ2n) is 8.68. The summed E-state index contributed by atoms with van der Waals surface area (Å²) < 4.78 is 0. The van der Waals surface area contributed by atoms with Crippen LogP contribution in [0.5, 0.6) is 0 Å². The largest absolute Gasteiger partial charge is 0.505 e. The average molecular weight is 343 g/mol. The smallest absolute Gasteiger partial charge is 0.232 e. The minimum Gasteiger partial charge on any atom is -0.505 e. The molecule has 0 heterocycles. The van der Waals surface area contributed by atoms with Crippen molar-refractivity contribution in [2.75, 3.05) is 0 Å². The van der Waals surface area contributed by atoms with Crippen LogP contribution in [0.25, 0.3) is 0 Å². The zero-order valence-corrected chi connectivity index (χ0v) is 15.7. The Morgan fingerprint density at radius 2 is 1.96 bits per heavy atom. The van der Waals surface area contributed by atoms with Gasteiger partial charge in [0.25, 0.3) is 0 Å². The first-order valence-corrected chi connectivity index (χ1v) is 9.27. The highest BCUT2D eigenvalue weighted by Gasteiger charge is 2.54. The number of fused-ring (bicyclic) bond motifs is 1. The Bertz CT molecular complexity index is 729. The summed E-state index contributed by atoms with van der Waals surface area (Å²) in [6.45, 7) is 9.02. The average Bonchev–Trinajstić information content (AvgIpc) is 2.56. The second kappa shape index (κ2) is 5.86. The predicted molar refractivity (Wildman–Crippen MR) is 97.6 cm³/mol. The number of hydrogen-bond acceptors (Lipinski definition) is 4. The lowest BCUT2D eigenvalue weighted by molar-refractivity contribution is -0.132. The van der Waals surface area contributed by atoms with Crippen LogP contribution in [-0.2, 0) is 9.59 Å². The van der Waals surface area contributed by atoms with Crippen molar-refractivity contribution in [2.45, 2.75) is 59.8 Å². The van der Waals surface area contributed by atoms with Crippen LogP contribution in [0, 0.1) is 22.7 Å². The Kier molecular flexibility index (Phi) is 4.21. The molecule has 0 aliphatic heterocycles. The van der Waals surface area contributed by atoms with Gasteiger partial charge < -0.3 is 10.8 Å². The minimum absolute atomic E-state index is 0.00847. The molecular formula is C21H29NO3. The van der Waals surface area contributed by atoms with Gasteiger partial charge in [-0.1, -0.05) is 32.4 Å². The molecule has 25 heavy (non-hydrogen) atoms. The third-order valence-electron chi connectivity index (χ3n) is 7.50. The first kappa shape index (κ1) is 18.0. The van der Waals surface area contributed by atoms with Gasteiger partial charge in [0.2, 0.25) is 11.6 Å². The van der Waals surface area contributed by atoms with Gasteiger partial charge in [0.1, 0.15) is 5.76 Å². The van der Waals surface area contributed by atoms with Gasteiger partial charge in [-0.25, -0.2) is 0 Å². The van der Waals surface area contributed by atoms with E-state index in [0.717, 1.165) is 31.8 Å². The maximum Gasteiger partial charge on any atom is 0.232 e. The molecule has 0 radical (unpaired) electrons. The summed E-state index contributed by atoms with van der Waals surface area (Å²) in [5.74, 6) is -0.598. The monoisotopic (exact) mass is 343 g/mol. The Balaban J connectivity index is 2.04. The lowest BCUT2D eigenvalue weighted by atomic mass is 9.46. The van der Waals surface area contributed by atoms with E-state index in [1.54, 1.807) is 0 Å². The zero-order valence-electron chi connectivity index (χ0n) is 15.7. The van der Waals surface area contributed by atoms with E-state index >= 15 is 0 Å². The third-order valence-corrected chi connectivity index (χ3v) is 7.50. The van der Waals surface area contributed by atoms with Crippen molar-refractivity contribution in [3.05, 3.63) is 34.8 Å². The summed E-state index contributed by atoms with van der Waals surface area (Å²) in [5, 5.41) is 10.4. The van der Waals surface area contributed by atoms with E-state index in [2.05, 4.69) is 33.8 Å². The number of aliphatic hydroxyl groups excluding tert-OH is 1. The van der Waals surface area contributed by atoms with Gasteiger partial charge in [0.05, 0.1) is 5.70 Å². The van der Waals surface area contributed by atoms with Gasteiger partial charge in [-0.3, -0.25) is 9.59 Å². The highest BCUT2D eigenvalue weighted by molar-refractivity contribution is 6.48. The van der Waals surface area contributed by atoms with Gasteiger partial charge in [-0.15, -0.1) is 0 Å². The van der Waals surface area contributed by atoms with Crippen LogP contribution in [-0.4, -0.2) is 16.7 Å². The molecule has 3 aliphatic carbocycles. The SMILES string of the molecule is CC1=CCC[C@H]2[C@](C)(CC3=C(O)C(N)=CC(=O)C3=O)[C@@H](C)CC[C@]12C. The molecule has 136 valence electrons. The molecule has 0 aromatic heterocycles. The summed E-state index contributed by atoms with van der Waals surface area (Å²) >= 11 is 0. The van der Waals surface area contributed by atoms with Crippen molar-refractivity contribution in [3.8, 4) is 0 Å². The van der Waals surface area contributed by atoms with E-state index in [9.17, 15) is 14.7 Å². The van der Waals surface area contributed by atoms with E-state index in [-0.39, 0.29) is 27.9 Å². The first-order valence-electron chi connectivity index (χ1n) is 9.27. The topological polar surface area (TPSA) is 80.4 Å². The molecule has 3 rings (SSSR count). The number of hydrogen-bond donors (Lipinski definition) is 2. The number of carbonyl (C=O) groups excluding carboxylic acids is 2. The molecular weight excluding hydrogens is 314 g/mol. The van der Waals surface area contributed by atoms with Crippen molar-refractivity contribution in [2.24, 2.45) is 28.4 Å². The number of nitrogens with two attached hydrogens (primary N) is 1. The molecule has 0 saturated heterocycles. The maximum atomic E-state index is 12.4. The highest BCUT2D eigenvalue weighted by atomic mass is 16.3. The third kappa shape index (κ3) is 2.57. The number of allylic oxidation sites excluding steroid dienone is 4. The van der Waals surface area contributed by atoms with Crippen molar-refractivity contribution < 1.29 is 14.7 Å². The van der Waals surface area contributed by atoms with Crippen LogP contribution in [0.1, 0.15) is 59.8 Å². The van der Waals surface area contributed by atoms with Crippen LogP contribution in [0.15, 0.2) is 34.8 Å². The lowest BCUT2D eigenvalue weighted by Gasteiger charge is -2.58. The fourth-order valence-corrected chi connectivity index (χ4v) is 5.46. The van der Waals surface area contributed by atoms with Gasteiger partial charge >= 0.3 is 0 Å². The van der Waals surface area contributed by atoms with Crippen molar-refractivity contribution in [1.82, 2.24) is 0 Å². The quantitative estimate of drug-likeness (QED) is 0.451. The Morgan fingerprint density at radius 1 is 1.28 bits per heavy atom. The molecule has 0 unspecified atom stereocenters. The molecule has 3 aliphatic rings. The van der Waals surface area contributed by atoms with E-state index in [1.807, 2.05) is 0 Å². The Hall–Kier alpha value is -1.84. The van der Waals surface area contributed by atoms with E-state index in [1.165, 1.54) is 5.57 Å². The molecule has 1 fully saturated rings. The molecule has 0 amide bonds. The van der Waals surface area contributed by atoms with E-state index < -0.39 is 11.6 Å². The highest BCUT2D eigenvalue weighted by Crippen LogP contribution is 2.62. The number of Topliss-reactive ketones (excluding diaryl/α,β-unsaturated/α-hetero) is 1. The molecule has 0 aromatic carbocycles. The fraction of sp³-hybridized carbons (Fsp3) is 0.619. The number of aliphatic hydroxyl groups is 1. The molecule has 0 bridgehead atoms. The second-order valence-corrected chi connectivity index (χ2v) is 8.68. The standard InChI is InChI=1S/C21H29NO3/c1-12-6-5-7-17-20(12,3)9-8-13(2)21(17,4)11-14-18(24)15(22)10-16(23)19(14)25/h6,10,13,17,24H,5,7-9,11,22H2,1-4H3/t13-,17+,20+,21+/m0/s1. The first-order chi connectivity index (χ1) is 11.6. The minimum atomic E-state index is -0.625. The molecule has 0 spiro atoms. The normalized spacial score (nSPS) is 39.0. The van der Waals surface area contributed by atoms with Crippen LogP contribution in [0.2, 0.25) is 0 Å². The molecule has 4 nitrogen and oxygen atoms in total. The van der Waals surface area contributed by atoms with Crippen molar-refractivity contribution in [3.63, 3.8) is 0 Å². The molecule has 0 aromatic rings. The van der Waals surface area contributed by atoms with Crippen molar-refractivity contribution in [1.29, 1.82) is 0 Å². The summed E-state index contributed by atoms with van der Waals surface area (Å²) in [4.78, 5) is 24.4. The number of rotatable bonds is 2. The molecule has 3 N–H and O–H groups in total. The van der Waals surface area contributed by atoms with Crippen LogP contribution in [0.4, 0.5) is 0 Å². The lowest BCUT2D eigenvalue weighted by Crippen LogP contribution is -2.50. The van der Waals surface area contributed by atoms with E-state index in [0.29, 0.717) is 18.3 Å². The summed E-state index contributed by atoms with van der Waals surface area (Å²) in [5.41, 5.74) is 7.37. The Labute approximate surface area is 149 Å². The van der Waals surface area contributed by atoms with Gasteiger partial charge in [-0.2, -0.15) is 0 Å². The van der Waals surface area contributed by atoms with Gasteiger partial charge in [-0.05, 0) is 61.7 Å². The number of carbonyl (C=O) groups is 2. The maximum absolute atomic E-state index is 12.4. The summed E-state index contributed by atoms with van der Waals surface area (Å²) in [6, 6.07) is 0. The molecule has 1 saturated carbocycles. The van der Waals surface area contributed by atoms with Crippen LogP contribution in [0.3, 0.4) is 0 Å². The molecule has 4 heteroatoms. The zero-order chi connectivity index (χ0) is 18.6. The Morgan fingerprint density at radius 3 is 2.64 bits per heavy atom. The van der Waals surface area contributed by atoms with Gasteiger partial charge in [0, 0.05) is 11.6 Å². The summed E-state index contributed by atoms with van der Waals surface area (Å²) in [7, 11) is 0. The van der Waals surface area contributed by atoms with E-state index in [4.69, 9.17) is 5.73 Å². The van der Waals surface area contributed by atoms with Crippen LogP contribution < -0.4 is 5.73 Å². The number of ketones is 2. The predicted octanol–water partition coefficient (Wildman–Crippen LogP) is 3.98. The summed E-state index contributed by atoms with van der Waals surface area (Å²) in [6.07, 6.45) is 8.15. The van der Waals surface area contributed by atoms with Crippen LogP contribution >= 0.6 is 0 Å². The van der Waals surface area contributed by atoms with Gasteiger partial charge in [0.15, 0.2) is 0 Å². The van der Waals surface area contributed by atoms with Crippen molar-refractivity contribution >= 4 is 11.6 Å².